The second-order valence-electron chi connectivity index (χ2n) is 8.70. The summed E-state index contributed by atoms with van der Waals surface area (Å²) in [7, 11) is 0. The highest BCUT2D eigenvalue weighted by Crippen LogP contribution is 2.26. The predicted octanol–water partition coefficient (Wildman–Crippen LogP) is 4.59. The fourth-order valence-corrected chi connectivity index (χ4v) is 4.70. The molecule has 0 radical (unpaired) electrons. The van der Waals surface area contributed by atoms with Gasteiger partial charge in [0, 0.05) is 29.6 Å². The molecule has 0 saturated carbocycles. The zero-order valence-electron chi connectivity index (χ0n) is 17.8. The number of piperidine rings is 1. The number of nitrogens with one attached hydrogen (secondary N) is 2. The van der Waals surface area contributed by atoms with Gasteiger partial charge in [0.05, 0.1) is 11.3 Å². The summed E-state index contributed by atoms with van der Waals surface area (Å²) in [4.78, 5) is 21.8. The maximum Gasteiger partial charge on any atom is 0.257 e. The second kappa shape index (κ2) is 8.69. The Morgan fingerprint density at radius 3 is 2.35 bits per heavy atom. The summed E-state index contributed by atoms with van der Waals surface area (Å²) in [6.45, 7) is 3.54. The van der Waals surface area contributed by atoms with Crippen molar-refractivity contribution in [2.24, 2.45) is 0 Å². The minimum atomic E-state index is -0.0873. The summed E-state index contributed by atoms with van der Waals surface area (Å²) >= 11 is 0. The number of hydrogen-bond acceptors (Lipinski definition) is 3. The van der Waals surface area contributed by atoms with Crippen LogP contribution in [0.1, 0.15) is 36.8 Å². The summed E-state index contributed by atoms with van der Waals surface area (Å²) in [6.07, 6.45) is 5.50. The van der Waals surface area contributed by atoms with E-state index in [1.54, 1.807) is 0 Å². The fourth-order valence-electron chi connectivity index (χ4n) is 4.70. The van der Waals surface area contributed by atoms with Crippen LogP contribution in [0.3, 0.4) is 0 Å². The van der Waals surface area contributed by atoms with Gasteiger partial charge in [-0.2, -0.15) is 0 Å². The molecule has 1 aliphatic heterocycles. The molecule has 31 heavy (non-hydrogen) atoms. The van der Waals surface area contributed by atoms with Gasteiger partial charge in [-0.15, -0.1) is 0 Å². The van der Waals surface area contributed by atoms with E-state index in [4.69, 9.17) is 5.11 Å². The average molecular weight is 416 g/mol. The van der Waals surface area contributed by atoms with Crippen LogP contribution in [0.15, 0.2) is 53.3 Å². The van der Waals surface area contributed by atoms with E-state index in [1.807, 2.05) is 18.2 Å². The number of nitrogens with zero attached hydrogens (tertiary/aromatic N) is 1. The van der Waals surface area contributed by atoms with Crippen LogP contribution >= 0.6 is 0 Å². The zero-order chi connectivity index (χ0) is 21.2. The molecule has 1 aliphatic rings. The Kier molecular flexibility index (Phi) is 5.62. The average Bonchev–Trinajstić information content (AvgIpc) is 3.21. The van der Waals surface area contributed by atoms with Gasteiger partial charge in [0.15, 0.2) is 0 Å². The van der Waals surface area contributed by atoms with Crippen LogP contribution in [-0.2, 0) is 13.0 Å². The molecular weight excluding hydrogens is 386 g/mol. The van der Waals surface area contributed by atoms with E-state index >= 15 is 0 Å². The molecule has 0 bridgehead atoms. The molecular formula is C26H29N3O2. The topological polar surface area (TPSA) is 72.1 Å². The molecule has 3 heterocycles. The second-order valence-corrected chi connectivity index (χ2v) is 8.70. The summed E-state index contributed by atoms with van der Waals surface area (Å²) in [5.74, 6) is 0. The number of likely N-dealkylation sites (tertiary alicyclic amines) is 1. The number of rotatable bonds is 6. The number of fused-ring (bicyclic) bond motifs is 2. The highest BCUT2D eigenvalue weighted by molar-refractivity contribution is 5.89. The van der Waals surface area contributed by atoms with E-state index < -0.39 is 0 Å². The van der Waals surface area contributed by atoms with Crippen molar-refractivity contribution in [3.8, 4) is 11.3 Å². The number of aliphatic hydroxyl groups excluding tert-OH is 1. The molecule has 0 atom stereocenters. The summed E-state index contributed by atoms with van der Waals surface area (Å²) in [6, 6.07) is 16.7. The van der Waals surface area contributed by atoms with Crippen molar-refractivity contribution in [1.29, 1.82) is 0 Å². The van der Waals surface area contributed by atoms with Crippen LogP contribution in [-0.4, -0.2) is 39.7 Å². The number of aromatic amines is 2. The van der Waals surface area contributed by atoms with Crippen LogP contribution in [0.2, 0.25) is 0 Å². The molecule has 5 nitrogen and oxygen atoms in total. The molecule has 160 valence electrons. The van der Waals surface area contributed by atoms with Gasteiger partial charge in [-0.25, -0.2) is 0 Å². The first-order valence-corrected chi connectivity index (χ1v) is 11.3. The molecule has 3 N–H and O–H groups in total. The third-order valence-corrected chi connectivity index (χ3v) is 6.36. The Morgan fingerprint density at radius 1 is 0.839 bits per heavy atom. The largest absolute Gasteiger partial charge is 0.396 e. The minimum absolute atomic E-state index is 0.0873. The maximum atomic E-state index is 12.8. The lowest BCUT2D eigenvalue weighted by Gasteiger charge is -2.26. The lowest BCUT2D eigenvalue weighted by Crippen LogP contribution is -2.28. The van der Waals surface area contributed by atoms with Gasteiger partial charge < -0.3 is 15.1 Å². The quantitative estimate of drug-likeness (QED) is 0.431. The molecule has 0 aliphatic carbocycles. The first-order valence-electron chi connectivity index (χ1n) is 11.3. The van der Waals surface area contributed by atoms with Gasteiger partial charge in [0.1, 0.15) is 0 Å². The number of H-pyrrole nitrogens is 2. The van der Waals surface area contributed by atoms with Crippen molar-refractivity contribution in [1.82, 2.24) is 14.9 Å². The minimum Gasteiger partial charge on any atom is -0.396 e. The van der Waals surface area contributed by atoms with Gasteiger partial charge in [-0.05, 0) is 91.7 Å². The highest BCUT2D eigenvalue weighted by atomic mass is 16.2. The third-order valence-electron chi connectivity index (χ3n) is 6.36. The van der Waals surface area contributed by atoms with Crippen molar-refractivity contribution >= 4 is 21.8 Å². The summed E-state index contributed by atoms with van der Waals surface area (Å²) in [5, 5.41) is 11.2. The molecule has 0 unspecified atom stereocenters. The SMILES string of the molecule is O=c1[nH]c2ccc(CCCO)cc2cc1-c1cc2cc(CN3CCCCC3)ccc2[nH]1. The number of benzene rings is 2. The normalized spacial score (nSPS) is 15.1. The van der Waals surface area contributed by atoms with E-state index in [9.17, 15) is 4.79 Å². The number of pyridine rings is 1. The Balaban J connectivity index is 1.47. The van der Waals surface area contributed by atoms with E-state index in [1.165, 1.54) is 43.5 Å². The van der Waals surface area contributed by atoms with Gasteiger partial charge in [0.2, 0.25) is 0 Å². The standard InChI is InChI=1S/C26H29N3O2/c30-12-4-5-18-6-8-24-20(13-18)15-22(26(31)28-24)25-16-21-14-19(7-9-23(21)27-25)17-29-10-2-1-3-11-29/h6-9,13-16,27,30H,1-5,10-12,17H2,(H,28,31). The zero-order valence-corrected chi connectivity index (χ0v) is 17.8. The first-order chi connectivity index (χ1) is 15.2. The van der Waals surface area contributed by atoms with E-state index in [2.05, 4.69) is 45.2 Å². The number of aromatic nitrogens is 2. The predicted molar refractivity (Wildman–Crippen MR) is 126 cm³/mol. The van der Waals surface area contributed by atoms with Crippen molar-refractivity contribution in [3.63, 3.8) is 0 Å². The number of aryl methyl sites for hydroxylation is 1. The highest BCUT2D eigenvalue weighted by Gasteiger charge is 2.13. The van der Waals surface area contributed by atoms with E-state index in [-0.39, 0.29) is 12.2 Å². The molecule has 2 aromatic carbocycles. The van der Waals surface area contributed by atoms with Crippen LogP contribution in [0, 0.1) is 0 Å². The van der Waals surface area contributed by atoms with Gasteiger partial charge in [-0.1, -0.05) is 18.6 Å². The van der Waals surface area contributed by atoms with E-state index in [0.29, 0.717) is 5.56 Å². The lowest BCUT2D eigenvalue weighted by atomic mass is 10.0. The molecule has 1 saturated heterocycles. The van der Waals surface area contributed by atoms with Crippen molar-refractivity contribution < 1.29 is 5.11 Å². The van der Waals surface area contributed by atoms with Crippen molar-refractivity contribution in [3.05, 3.63) is 70.0 Å². The van der Waals surface area contributed by atoms with Crippen LogP contribution in [0.4, 0.5) is 0 Å². The fraction of sp³-hybridized carbons (Fsp3) is 0.346. The van der Waals surface area contributed by atoms with Crippen molar-refractivity contribution in [2.75, 3.05) is 19.7 Å². The Labute approximate surface area is 181 Å². The van der Waals surface area contributed by atoms with Crippen LogP contribution in [0.25, 0.3) is 33.1 Å². The summed E-state index contributed by atoms with van der Waals surface area (Å²) < 4.78 is 0. The van der Waals surface area contributed by atoms with Gasteiger partial charge in [0.25, 0.3) is 5.56 Å². The Hall–Kier alpha value is -2.89. The summed E-state index contributed by atoms with van der Waals surface area (Å²) in [5.41, 5.74) is 5.78. The molecule has 0 amide bonds. The molecule has 0 spiro atoms. The van der Waals surface area contributed by atoms with Gasteiger partial charge in [-0.3, -0.25) is 9.69 Å². The molecule has 1 fully saturated rings. The molecule has 5 heteroatoms. The van der Waals surface area contributed by atoms with Crippen molar-refractivity contribution in [2.45, 2.75) is 38.6 Å². The number of aliphatic hydroxyl groups is 1. The van der Waals surface area contributed by atoms with Gasteiger partial charge >= 0.3 is 0 Å². The Morgan fingerprint density at radius 2 is 1.55 bits per heavy atom. The molecule has 4 aromatic rings. The lowest BCUT2D eigenvalue weighted by molar-refractivity contribution is 0.221. The molecule has 2 aromatic heterocycles. The third kappa shape index (κ3) is 4.29. The van der Waals surface area contributed by atoms with E-state index in [0.717, 1.165) is 46.9 Å². The monoisotopic (exact) mass is 415 g/mol. The molecule has 5 rings (SSSR count). The van der Waals surface area contributed by atoms with Crippen LogP contribution in [0.5, 0.6) is 0 Å². The van der Waals surface area contributed by atoms with Crippen LogP contribution < -0.4 is 5.56 Å². The Bertz CT molecular complexity index is 1260. The smallest absolute Gasteiger partial charge is 0.257 e. The number of hydrogen-bond donors (Lipinski definition) is 3. The maximum absolute atomic E-state index is 12.8. The first kappa shape index (κ1) is 20.0.